The molecule has 1 heterocycles. The summed E-state index contributed by atoms with van der Waals surface area (Å²) in [4.78, 5) is 10.8. The fourth-order valence-corrected chi connectivity index (χ4v) is 2.43. The third-order valence-electron chi connectivity index (χ3n) is 4.52. The number of aryl methyl sites for hydroxylation is 1. The average Bonchev–Trinajstić information content (AvgIpc) is 2.66. The van der Waals surface area contributed by atoms with Crippen molar-refractivity contribution in [2.75, 3.05) is 6.61 Å². The Labute approximate surface area is 138 Å². The lowest BCUT2D eigenvalue weighted by atomic mass is 9.78. The monoisotopic (exact) mass is 320 g/mol. The van der Waals surface area contributed by atoms with E-state index >= 15 is 0 Å². The summed E-state index contributed by atoms with van der Waals surface area (Å²) in [5.74, 6) is -0.122. The molecule has 0 saturated carbocycles. The first kappa shape index (κ1) is 17.8. The number of carboxylic acid groups (broad SMARTS) is 1. The Morgan fingerprint density at radius 1 is 1.22 bits per heavy atom. The highest BCUT2D eigenvalue weighted by Gasteiger charge is 2.51. The molecule has 1 aliphatic heterocycles. The predicted octanol–water partition coefficient (Wildman–Crippen LogP) is 2.40. The lowest BCUT2D eigenvalue weighted by Crippen LogP contribution is -2.41. The van der Waals surface area contributed by atoms with Crippen LogP contribution in [0.1, 0.15) is 46.6 Å². The Morgan fingerprint density at radius 3 is 2.35 bits per heavy atom. The fraction of sp³-hybridized carbons (Fsp3) is 0.588. The van der Waals surface area contributed by atoms with Crippen molar-refractivity contribution in [1.29, 1.82) is 0 Å². The summed E-state index contributed by atoms with van der Waals surface area (Å²) < 4.78 is 17.8. The van der Waals surface area contributed by atoms with Gasteiger partial charge in [-0.2, -0.15) is 0 Å². The predicted molar refractivity (Wildman–Crippen MR) is 89.3 cm³/mol. The number of hydrogen-bond donors (Lipinski definition) is 1. The standard InChI is InChI=1S/C17H25BO5/c1-6-21-14-11-13(9-7-12(14)8-10-15(19)20)18-22-16(2,3)17(4,5)23-18/h7,9,11H,6,8,10H2,1-5H3,(H,19,20). The van der Waals surface area contributed by atoms with E-state index in [1.807, 2.05) is 52.8 Å². The van der Waals surface area contributed by atoms with Crippen LogP contribution in [0, 0.1) is 0 Å². The summed E-state index contributed by atoms with van der Waals surface area (Å²) in [6, 6.07) is 5.71. The molecule has 1 N–H and O–H groups in total. The van der Waals surface area contributed by atoms with Crippen LogP contribution in [0.2, 0.25) is 0 Å². The Morgan fingerprint density at radius 2 is 1.83 bits per heavy atom. The topological polar surface area (TPSA) is 65.0 Å². The zero-order valence-electron chi connectivity index (χ0n) is 14.5. The average molecular weight is 320 g/mol. The van der Waals surface area contributed by atoms with Crippen molar-refractivity contribution in [3.8, 4) is 5.75 Å². The molecule has 2 rings (SSSR count). The largest absolute Gasteiger partial charge is 0.494 e. The molecule has 0 amide bonds. The summed E-state index contributed by atoms with van der Waals surface area (Å²) in [6.07, 6.45) is 0.518. The minimum atomic E-state index is -0.817. The van der Waals surface area contributed by atoms with Gasteiger partial charge < -0.3 is 19.2 Å². The van der Waals surface area contributed by atoms with Crippen LogP contribution in [-0.4, -0.2) is 36.0 Å². The molecule has 0 aromatic heterocycles. The van der Waals surface area contributed by atoms with E-state index in [-0.39, 0.29) is 6.42 Å². The molecule has 1 fully saturated rings. The van der Waals surface area contributed by atoms with Crippen LogP contribution in [0.3, 0.4) is 0 Å². The molecule has 1 aromatic carbocycles. The van der Waals surface area contributed by atoms with Crippen LogP contribution in [0.25, 0.3) is 0 Å². The number of hydrogen-bond acceptors (Lipinski definition) is 4. The highest BCUT2D eigenvalue weighted by molar-refractivity contribution is 6.62. The minimum absolute atomic E-state index is 0.0793. The molecule has 1 aliphatic rings. The summed E-state index contributed by atoms with van der Waals surface area (Å²) in [7, 11) is -0.451. The van der Waals surface area contributed by atoms with Crippen molar-refractivity contribution in [3.63, 3.8) is 0 Å². The molecule has 0 aliphatic carbocycles. The van der Waals surface area contributed by atoms with Gasteiger partial charge in [0.1, 0.15) is 5.75 Å². The van der Waals surface area contributed by atoms with Crippen LogP contribution in [0.5, 0.6) is 5.75 Å². The van der Waals surface area contributed by atoms with Gasteiger partial charge in [0.25, 0.3) is 0 Å². The zero-order valence-corrected chi connectivity index (χ0v) is 14.5. The van der Waals surface area contributed by atoms with E-state index in [2.05, 4.69) is 0 Å². The maximum Gasteiger partial charge on any atom is 0.494 e. The molecule has 0 unspecified atom stereocenters. The van der Waals surface area contributed by atoms with Gasteiger partial charge in [-0.3, -0.25) is 4.79 Å². The first-order valence-corrected chi connectivity index (χ1v) is 7.99. The summed E-state index contributed by atoms with van der Waals surface area (Å²) in [5, 5.41) is 8.86. The van der Waals surface area contributed by atoms with Gasteiger partial charge in [-0.1, -0.05) is 12.1 Å². The normalized spacial score (nSPS) is 18.9. The molecule has 126 valence electrons. The molecule has 6 heteroatoms. The summed E-state index contributed by atoms with van der Waals surface area (Å²) >= 11 is 0. The highest BCUT2D eigenvalue weighted by Crippen LogP contribution is 2.36. The Bertz CT molecular complexity index is 566. The molecule has 23 heavy (non-hydrogen) atoms. The second-order valence-corrected chi connectivity index (χ2v) is 6.78. The van der Waals surface area contributed by atoms with Gasteiger partial charge in [-0.05, 0) is 58.1 Å². The van der Waals surface area contributed by atoms with E-state index in [0.29, 0.717) is 18.8 Å². The molecule has 0 radical (unpaired) electrons. The van der Waals surface area contributed by atoms with Crippen molar-refractivity contribution in [1.82, 2.24) is 0 Å². The SMILES string of the molecule is CCOc1cc(B2OC(C)(C)C(C)(C)O2)ccc1CCC(=O)O. The van der Waals surface area contributed by atoms with E-state index in [0.717, 1.165) is 11.0 Å². The molecule has 1 saturated heterocycles. The van der Waals surface area contributed by atoms with Gasteiger partial charge >= 0.3 is 13.1 Å². The van der Waals surface area contributed by atoms with Crippen molar-refractivity contribution < 1.29 is 23.9 Å². The molecule has 1 aromatic rings. The number of carboxylic acids is 1. The summed E-state index contributed by atoms with van der Waals surface area (Å²) in [5.41, 5.74) is 0.970. The van der Waals surface area contributed by atoms with Crippen molar-refractivity contribution in [3.05, 3.63) is 23.8 Å². The maximum absolute atomic E-state index is 10.8. The van der Waals surface area contributed by atoms with Crippen LogP contribution in [0.15, 0.2) is 18.2 Å². The van der Waals surface area contributed by atoms with Crippen molar-refractivity contribution in [2.24, 2.45) is 0 Å². The first-order valence-electron chi connectivity index (χ1n) is 7.99. The van der Waals surface area contributed by atoms with Crippen LogP contribution >= 0.6 is 0 Å². The second-order valence-electron chi connectivity index (χ2n) is 6.78. The number of ether oxygens (including phenoxy) is 1. The lowest BCUT2D eigenvalue weighted by Gasteiger charge is -2.32. The second kappa shape index (κ2) is 6.53. The minimum Gasteiger partial charge on any atom is -0.494 e. The van der Waals surface area contributed by atoms with E-state index in [4.69, 9.17) is 19.2 Å². The van der Waals surface area contributed by atoms with Crippen LogP contribution < -0.4 is 10.2 Å². The van der Waals surface area contributed by atoms with Gasteiger partial charge in [-0.15, -0.1) is 0 Å². The zero-order chi connectivity index (χ0) is 17.3. The number of rotatable bonds is 6. The Kier molecular flexibility index (Phi) is 5.06. The molecule has 0 bridgehead atoms. The van der Waals surface area contributed by atoms with Gasteiger partial charge in [0.15, 0.2) is 0 Å². The molecular formula is C17H25BO5. The van der Waals surface area contributed by atoms with Crippen LogP contribution in [0.4, 0.5) is 0 Å². The Balaban J connectivity index is 2.24. The number of aliphatic carboxylic acids is 1. The van der Waals surface area contributed by atoms with Gasteiger partial charge in [0.2, 0.25) is 0 Å². The number of carbonyl (C=O) groups is 1. The van der Waals surface area contributed by atoms with Crippen molar-refractivity contribution in [2.45, 2.75) is 58.7 Å². The highest BCUT2D eigenvalue weighted by atomic mass is 16.7. The van der Waals surface area contributed by atoms with E-state index in [1.165, 1.54) is 0 Å². The van der Waals surface area contributed by atoms with E-state index in [1.54, 1.807) is 0 Å². The smallest absolute Gasteiger partial charge is 0.494 e. The molecule has 0 spiro atoms. The molecule has 5 nitrogen and oxygen atoms in total. The van der Waals surface area contributed by atoms with Crippen LogP contribution in [-0.2, 0) is 20.5 Å². The first-order chi connectivity index (χ1) is 10.7. The summed E-state index contributed by atoms with van der Waals surface area (Å²) in [6.45, 7) is 10.5. The van der Waals surface area contributed by atoms with E-state index < -0.39 is 24.3 Å². The third kappa shape index (κ3) is 3.87. The third-order valence-corrected chi connectivity index (χ3v) is 4.52. The quantitative estimate of drug-likeness (QED) is 0.816. The van der Waals surface area contributed by atoms with Gasteiger partial charge in [-0.25, -0.2) is 0 Å². The maximum atomic E-state index is 10.8. The van der Waals surface area contributed by atoms with Gasteiger partial charge in [0.05, 0.1) is 17.8 Å². The van der Waals surface area contributed by atoms with Crippen molar-refractivity contribution >= 4 is 18.6 Å². The number of benzene rings is 1. The Hall–Kier alpha value is -1.53. The fourth-order valence-electron chi connectivity index (χ4n) is 2.43. The van der Waals surface area contributed by atoms with E-state index in [9.17, 15) is 4.79 Å². The van der Waals surface area contributed by atoms with Gasteiger partial charge in [0, 0.05) is 6.42 Å². The lowest BCUT2D eigenvalue weighted by molar-refractivity contribution is -0.136. The molecular weight excluding hydrogens is 295 g/mol. The molecule has 0 atom stereocenters.